The van der Waals surface area contributed by atoms with Crippen molar-refractivity contribution in [1.29, 1.82) is 0 Å². The molecule has 1 saturated carbocycles. The van der Waals surface area contributed by atoms with E-state index in [1.807, 2.05) is 0 Å². The number of nitrogens with one attached hydrogen (secondary N) is 2. The number of halogens is 1. The smallest absolute Gasteiger partial charge is 0.244 e. The average Bonchev–Trinajstić information content (AvgIpc) is 2.70. The molecule has 2 rings (SSSR count). The molecule has 0 radical (unpaired) electrons. The van der Waals surface area contributed by atoms with Gasteiger partial charge < -0.3 is 0 Å². The van der Waals surface area contributed by atoms with E-state index in [0.29, 0.717) is 17.3 Å². The van der Waals surface area contributed by atoms with Crippen molar-refractivity contribution in [2.75, 3.05) is 5.88 Å². The van der Waals surface area contributed by atoms with Crippen molar-refractivity contribution in [3.05, 3.63) is 11.4 Å². The van der Waals surface area contributed by atoms with Crippen LogP contribution in [0.25, 0.3) is 0 Å². The Balaban J connectivity index is 2.21. The van der Waals surface area contributed by atoms with Crippen molar-refractivity contribution in [1.82, 2.24) is 14.9 Å². The number of nitrogens with zero attached hydrogens (tertiary/aromatic N) is 1. The van der Waals surface area contributed by atoms with Gasteiger partial charge in [-0.1, -0.05) is 12.8 Å². The molecule has 1 aliphatic rings. The second-order valence-corrected chi connectivity index (χ2v) is 7.15. The fraction of sp³-hybridized carbons (Fsp3) is 0.750. The monoisotopic (exact) mass is 305 g/mol. The number of hydrogen-bond acceptors (Lipinski definition) is 3. The summed E-state index contributed by atoms with van der Waals surface area (Å²) in [6, 6.07) is -0.0649. The molecule has 2 atom stereocenters. The molecule has 2 unspecified atom stereocenters. The first-order valence-corrected chi connectivity index (χ1v) is 8.57. The molecule has 0 bridgehead atoms. The molecule has 1 heterocycles. The highest BCUT2D eigenvalue weighted by atomic mass is 35.5. The summed E-state index contributed by atoms with van der Waals surface area (Å²) < 4.78 is 27.7. The molecule has 19 heavy (non-hydrogen) atoms. The van der Waals surface area contributed by atoms with E-state index in [2.05, 4.69) is 14.9 Å². The van der Waals surface area contributed by atoms with Crippen LogP contribution in [0.2, 0.25) is 0 Å². The van der Waals surface area contributed by atoms with Gasteiger partial charge in [-0.25, -0.2) is 13.1 Å². The van der Waals surface area contributed by atoms with Crippen LogP contribution in [0.4, 0.5) is 0 Å². The zero-order valence-electron chi connectivity index (χ0n) is 11.2. The molecule has 1 aromatic heterocycles. The van der Waals surface area contributed by atoms with Gasteiger partial charge in [-0.3, -0.25) is 5.10 Å². The highest BCUT2D eigenvalue weighted by Crippen LogP contribution is 2.27. The largest absolute Gasteiger partial charge is 0.281 e. The van der Waals surface area contributed by atoms with E-state index in [9.17, 15) is 8.42 Å². The van der Waals surface area contributed by atoms with Crippen LogP contribution >= 0.6 is 11.6 Å². The van der Waals surface area contributed by atoms with Crippen molar-refractivity contribution < 1.29 is 8.42 Å². The lowest BCUT2D eigenvalue weighted by Gasteiger charge is -2.30. The quantitative estimate of drug-likeness (QED) is 0.837. The SMILES string of the molecule is Cc1n[nH]c(C)c1S(=O)(=O)NC1CCCCC1CCl. The van der Waals surface area contributed by atoms with Gasteiger partial charge in [-0.2, -0.15) is 5.10 Å². The lowest BCUT2D eigenvalue weighted by atomic mass is 9.86. The summed E-state index contributed by atoms with van der Waals surface area (Å²) in [5, 5.41) is 6.65. The highest BCUT2D eigenvalue weighted by molar-refractivity contribution is 7.89. The van der Waals surface area contributed by atoms with E-state index in [0.717, 1.165) is 25.7 Å². The first kappa shape index (κ1) is 14.8. The minimum Gasteiger partial charge on any atom is -0.281 e. The normalized spacial score (nSPS) is 24.6. The number of hydrogen-bond donors (Lipinski definition) is 2. The van der Waals surface area contributed by atoms with E-state index in [4.69, 9.17) is 11.6 Å². The Labute approximate surface area is 119 Å². The molecule has 0 saturated heterocycles. The van der Waals surface area contributed by atoms with E-state index >= 15 is 0 Å². The van der Waals surface area contributed by atoms with Crippen LogP contribution in [0.1, 0.15) is 37.1 Å². The summed E-state index contributed by atoms with van der Waals surface area (Å²) in [6.45, 7) is 3.41. The molecule has 0 aliphatic heterocycles. The van der Waals surface area contributed by atoms with Crippen LogP contribution < -0.4 is 4.72 Å². The molecule has 0 amide bonds. The van der Waals surface area contributed by atoms with Crippen LogP contribution in [0.15, 0.2) is 4.90 Å². The summed E-state index contributed by atoms with van der Waals surface area (Å²) in [6.07, 6.45) is 4.01. The van der Waals surface area contributed by atoms with Gasteiger partial charge >= 0.3 is 0 Å². The van der Waals surface area contributed by atoms with Gasteiger partial charge in [0.2, 0.25) is 10.0 Å². The van der Waals surface area contributed by atoms with Gasteiger partial charge in [0, 0.05) is 11.9 Å². The number of aromatic nitrogens is 2. The fourth-order valence-electron chi connectivity index (χ4n) is 2.74. The van der Waals surface area contributed by atoms with Crippen LogP contribution in [-0.2, 0) is 10.0 Å². The summed E-state index contributed by atoms with van der Waals surface area (Å²) in [5.41, 5.74) is 1.08. The molecule has 2 N–H and O–H groups in total. The standard InChI is InChI=1S/C12H20ClN3O2S/c1-8-12(9(2)15-14-8)19(17,18)16-11-6-4-3-5-10(11)7-13/h10-11,16H,3-7H2,1-2H3,(H,14,15). The topological polar surface area (TPSA) is 74.8 Å². The molecule has 7 heteroatoms. The molecular formula is C12H20ClN3O2S. The average molecular weight is 306 g/mol. The van der Waals surface area contributed by atoms with E-state index in [1.54, 1.807) is 13.8 Å². The van der Waals surface area contributed by atoms with Gasteiger partial charge in [0.15, 0.2) is 0 Å². The Bertz CT molecular complexity index is 522. The second kappa shape index (κ2) is 5.81. The summed E-state index contributed by atoms with van der Waals surface area (Å²) >= 11 is 5.94. The van der Waals surface area contributed by atoms with Crippen LogP contribution in [0.5, 0.6) is 0 Å². The third kappa shape index (κ3) is 3.12. The van der Waals surface area contributed by atoms with E-state index < -0.39 is 10.0 Å². The zero-order valence-corrected chi connectivity index (χ0v) is 12.8. The fourth-order valence-corrected chi connectivity index (χ4v) is 4.82. The predicted molar refractivity (Wildman–Crippen MR) is 74.8 cm³/mol. The molecule has 5 nitrogen and oxygen atoms in total. The Morgan fingerprint density at radius 2 is 2.05 bits per heavy atom. The van der Waals surface area contributed by atoms with Crippen LogP contribution in [0, 0.1) is 19.8 Å². The number of alkyl halides is 1. The van der Waals surface area contributed by atoms with Gasteiger partial charge in [0.25, 0.3) is 0 Å². The maximum absolute atomic E-state index is 12.5. The van der Waals surface area contributed by atoms with Crippen molar-refractivity contribution in [2.45, 2.75) is 50.5 Å². The van der Waals surface area contributed by atoms with Crippen molar-refractivity contribution in [2.24, 2.45) is 5.92 Å². The molecular weight excluding hydrogens is 286 g/mol. The Kier molecular flexibility index (Phi) is 4.53. The Morgan fingerprint density at radius 3 is 2.63 bits per heavy atom. The number of sulfonamides is 1. The Morgan fingerprint density at radius 1 is 1.37 bits per heavy atom. The molecule has 1 aliphatic carbocycles. The first-order valence-electron chi connectivity index (χ1n) is 6.55. The lowest BCUT2D eigenvalue weighted by Crippen LogP contribution is -2.42. The Hall–Kier alpha value is -0.590. The summed E-state index contributed by atoms with van der Waals surface area (Å²) in [7, 11) is -3.52. The lowest BCUT2D eigenvalue weighted by molar-refractivity contribution is 0.314. The molecule has 1 fully saturated rings. The number of aromatic amines is 1. The van der Waals surface area contributed by atoms with Gasteiger partial charge in [0.05, 0.1) is 11.4 Å². The van der Waals surface area contributed by atoms with Gasteiger partial charge in [0.1, 0.15) is 4.90 Å². The van der Waals surface area contributed by atoms with E-state index in [1.165, 1.54) is 0 Å². The van der Waals surface area contributed by atoms with Gasteiger partial charge in [-0.15, -0.1) is 11.6 Å². The first-order chi connectivity index (χ1) is 8.95. The van der Waals surface area contributed by atoms with Crippen LogP contribution in [0.3, 0.4) is 0 Å². The van der Waals surface area contributed by atoms with Crippen molar-refractivity contribution >= 4 is 21.6 Å². The number of H-pyrrole nitrogens is 1. The molecule has 0 spiro atoms. The zero-order chi connectivity index (χ0) is 14.0. The summed E-state index contributed by atoms with van der Waals surface area (Å²) in [5.74, 6) is 0.717. The predicted octanol–water partition coefficient (Wildman–Crippen LogP) is 2.10. The van der Waals surface area contributed by atoms with Gasteiger partial charge in [-0.05, 0) is 32.6 Å². The minimum absolute atomic E-state index is 0.0649. The van der Waals surface area contributed by atoms with Crippen molar-refractivity contribution in [3.63, 3.8) is 0 Å². The number of rotatable bonds is 4. The minimum atomic E-state index is -3.52. The molecule has 1 aromatic rings. The number of aryl methyl sites for hydroxylation is 2. The third-order valence-corrected chi connectivity index (χ3v) is 5.89. The molecule has 108 valence electrons. The maximum atomic E-state index is 12.5. The van der Waals surface area contributed by atoms with Crippen molar-refractivity contribution in [3.8, 4) is 0 Å². The van der Waals surface area contributed by atoms with E-state index in [-0.39, 0.29) is 16.9 Å². The highest BCUT2D eigenvalue weighted by Gasteiger charge is 2.31. The third-order valence-electron chi connectivity index (χ3n) is 3.74. The van der Waals surface area contributed by atoms with Crippen LogP contribution in [-0.4, -0.2) is 30.5 Å². The molecule has 0 aromatic carbocycles. The summed E-state index contributed by atoms with van der Waals surface area (Å²) in [4.78, 5) is 0.270. The maximum Gasteiger partial charge on any atom is 0.244 e. The second-order valence-electron chi connectivity index (χ2n) is 5.19.